The van der Waals surface area contributed by atoms with Crippen LogP contribution in [0.25, 0.3) is 0 Å². The van der Waals surface area contributed by atoms with Crippen molar-refractivity contribution in [3.05, 3.63) is 54.1 Å². The quantitative estimate of drug-likeness (QED) is 0.660. The Hall–Kier alpha value is -1.69. The minimum atomic E-state index is -1.05. The van der Waals surface area contributed by atoms with Gasteiger partial charge in [0, 0.05) is 29.6 Å². The van der Waals surface area contributed by atoms with Gasteiger partial charge in [0.15, 0.2) is 0 Å². The van der Waals surface area contributed by atoms with Crippen LogP contribution in [-0.4, -0.2) is 45.7 Å². The van der Waals surface area contributed by atoms with Crippen LogP contribution >= 0.6 is 0 Å². The van der Waals surface area contributed by atoms with Gasteiger partial charge in [0.2, 0.25) is 0 Å². The van der Waals surface area contributed by atoms with Crippen LogP contribution in [0.2, 0.25) is 0 Å². The number of phenolic OH excluding ortho intramolecular Hbond substituents is 1. The molecule has 5 nitrogen and oxygen atoms in total. The van der Waals surface area contributed by atoms with E-state index in [1.807, 2.05) is 0 Å². The number of aromatic hydroxyl groups is 1. The predicted molar refractivity (Wildman–Crippen MR) is 71.4 cm³/mol. The Labute approximate surface area is 131 Å². The van der Waals surface area contributed by atoms with Crippen LogP contribution in [0.4, 0.5) is 11.4 Å². The normalized spacial score (nSPS) is 10.1. The van der Waals surface area contributed by atoms with E-state index < -0.39 is 5.97 Å². The summed E-state index contributed by atoms with van der Waals surface area (Å²) in [6.07, 6.45) is 0. The molecule has 0 saturated heterocycles. The third kappa shape index (κ3) is 4.17. The van der Waals surface area contributed by atoms with Gasteiger partial charge in [-0.05, 0) is 36.4 Å². The molecule has 0 heterocycles. The summed E-state index contributed by atoms with van der Waals surface area (Å²) in [6.45, 7) is 0. The Bertz CT molecular complexity index is 597. The van der Waals surface area contributed by atoms with Crippen LogP contribution in [-0.2, 0) is 0 Å². The zero-order valence-electron chi connectivity index (χ0n) is 10.3. The third-order valence-corrected chi connectivity index (χ3v) is 2.26. The molecule has 0 fully saturated rings. The molecule has 0 aromatic heterocycles. The molecular weight excluding hydrogens is 255 g/mol. The number of hydrogen-bond donors (Lipinski definition) is 2. The summed E-state index contributed by atoms with van der Waals surface area (Å²) in [5.41, 5.74) is 0.922. The number of rotatable bonds is 3. The Balaban J connectivity index is 0.00000180. The molecule has 2 rings (SSSR count). The van der Waals surface area contributed by atoms with Gasteiger partial charge in [0.25, 0.3) is 0 Å². The van der Waals surface area contributed by atoms with E-state index in [-0.39, 0.29) is 46.6 Å². The van der Waals surface area contributed by atoms with Crippen molar-refractivity contribution in [1.82, 2.24) is 0 Å². The third-order valence-electron chi connectivity index (χ3n) is 2.26. The van der Waals surface area contributed by atoms with Crippen LogP contribution in [0.5, 0.6) is 5.75 Å². The van der Waals surface area contributed by atoms with Gasteiger partial charge in [-0.1, -0.05) is 12.1 Å². The second-order valence-corrected chi connectivity index (χ2v) is 3.54. The van der Waals surface area contributed by atoms with E-state index in [0.717, 1.165) is 0 Å². The number of carboxylic acid groups (broad SMARTS) is 1. The number of benzene rings is 2. The fourth-order valence-corrected chi connectivity index (χ4v) is 1.37. The number of azo groups is 1. The molecule has 0 atom stereocenters. The summed E-state index contributed by atoms with van der Waals surface area (Å²) in [4.78, 5) is 10.9. The van der Waals surface area contributed by atoms with E-state index in [9.17, 15) is 4.79 Å². The van der Waals surface area contributed by atoms with Gasteiger partial charge in [0.05, 0.1) is 11.3 Å². The average molecular weight is 265 g/mol. The van der Waals surface area contributed by atoms with E-state index in [1.54, 1.807) is 30.3 Å². The number of carbonyl (C=O) groups is 1. The first kappa shape index (κ1) is 15.4. The van der Waals surface area contributed by atoms with Crippen LogP contribution in [0.1, 0.15) is 10.4 Å². The zero-order chi connectivity index (χ0) is 13.0. The number of phenols is 1. The molecule has 19 heavy (non-hydrogen) atoms. The molecule has 2 aromatic carbocycles. The van der Waals surface area contributed by atoms with Crippen molar-refractivity contribution in [2.45, 2.75) is 0 Å². The first-order valence-electron chi connectivity index (χ1n) is 5.20. The molecule has 1 radical (unpaired) electrons. The van der Waals surface area contributed by atoms with Crippen LogP contribution in [0.3, 0.4) is 0 Å². The van der Waals surface area contributed by atoms with Crippen molar-refractivity contribution in [1.29, 1.82) is 0 Å². The Morgan fingerprint density at radius 1 is 0.947 bits per heavy atom. The number of carboxylic acids is 1. The van der Waals surface area contributed by atoms with Crippen LogP contribution < -0.4 is 0 Å². The van der Waals surface area contributed by atoms with Crippen LogP contribution in [0, 0.1) is 0 Å². The fraction of sp³-hybridized carbons (Fsp3) is 0. The van der Waals surface area contributed by atoms with Gasteiger partial charge in [0.1, 0.15) is 11.4 Å². The molecule has 2 N–H and O–H groups in total. The first-order valence-corrected chi connectivity index (χ1v) is 5.20. The maximum Gasteiger partial charge on any atom is 0.337 e. The predicted octanol–water partition coefficient (Wildman–Crippen LogP) is 3.13. The first-order chi connectivity index (χ1) is 8.66. The van der Waals surface area contributed by atoms with Gasteiger partial charge in [-0.15, -0.1) is 5.11 Å². The Kier molecular flexibility index (Phi) is 5.69. The summed E-state index contributed by atoms with van der Waals surface area (Å²) in [5, 5.41) is 25.9. The molecule has 0 aliphatic rings. The minimum absolute atomic E-state index is 0. The van der Waals surface area contributed by atoms with E-state index in [4.69, 9.17) is 10.2 Å². The molecule has 0 bridgehead atoms. The van der Waals surface area contributed by atoms with E-state index in [2.05, 4.69) is 10.2 Å². The monoisotopic (exact) mass is 265 g/mol. The maximum atomic E-state index is 10.9. The molecule has 0 aliphatic carbocycles. The number of hydrogen-bond acceptors (Lipinski definition) is 4. The van der Waals surface area contributed by atoms with Gasteiger partial charge in [-0.25, -0.2) is 4.79 Å². The smallest absolute Gasteiger partial charge is 0.337 e. The number of aromatic carboxylic acids is 1. The molecule has 0 amide bonds. The number of nitrogens with zero attached hydrogens (tertiary/aromatic N) is 2. The van der Waals surface area contributed by atoms with Crippen molar-refractivity contribution in [2.75, 3.05) is 0 Å². The van der Waals surface area contributed by atoms with E-state index in [1.165, 1.54) is 18.2 Å². The summed E-state index contributed by atoms with van der Waals surface area (Å²) in [7, 11) is 0. The summed E-state index contributed by atoms with van der Waals surface area (Å²) >= 11 is 0. The van der Waals surface area contributed by atoms with E-state index >= 15 is 0 Å². The average Bonchev–Trinajstić information content (AvgIpc) is 2.38. The molecular formula is C13H10N2NaO3. The van der Waals surface area contributed by atoms with Gasteiger partial charge < -0.3 is 10.2 Å². The Morgan fingerprint density at radius 3 is 2.21 bits per heavy atom. The summed E-state index contributed by atoms with van der Waals surface area (Å²) in [6, 6.07) is 12.5. The van der Waals surface area contributed by atoms with Crippen molar-refractivity contribution >= 4 is 46.9 Å². The van der Waals surface area contributed by atoms with Crippen molar-refractivity contribution in [3.8, 4) is 5.75 Å². The molecule has 2 aromatic rings. The van der Waals surface area contributed by atoms with Crippen LogP contribution in [0.15, 0.2) is 58.8 Å². The van der Waals surface area contributed by atoms with Crippen molar-refractivity contribution < 1.29 is 15.0 Å². The second kappa shape index (κ2) is 7.04. The van der Waals surface area contributed by atoms with Crippen molar-refractivity contribution in [2.24, 2.45) is 10.2 Å². The standard InChI is InChI=1S/C13H10N2O3.Na/c16-10-7-5-9(6-8-10)14-15-12-4-2-1-3-11(12)13(17)18;/h1-8,16H,(H,17,18);. The molecule has 0 unspecified atom stereocenters. The van der Waals surface area contributed by atoms with Gasteiger partial charge in [-0.3, -0.25) is 0 Å². The fourth-order valence-electron chi connectivity index (χ4n) is 1.37. The van der Waals surface area contributed by atoms with Gasteiger partial charge >= 0.3 is 5.97 Å². The molecule has 0 spiro atoms. The molecule has 0 aliphatic heterocycles. The molecule has 91 valence electrons. The Morgan fingerprint density at radius 2 is 1.58 bits per heavy atom. The molecule has 0 saturated carbocycles. The van der Waals surface area contributed by atoms with Gasteiger partial charge in [-0.2, -0.15) is 5.11 Å². The SMILES string of the molecule is O=C(O)c1ccccc1N=Nc1ccc(O)cc1.[Na]. The van der Waals surface area contributed by atoms with Crippen molar-refractivity contribution in [3.63, 3.8) is 0 Å². The zero-order valence-corrected chi connectivity index (χ0v) is 12.3. The van der Waals surface area contributed by atoms with E-state index in [0.29, 0.717) is 5.69 Å². The summed E-state index contributed by atoms with van der Waals surface area (Å²) in [5.74, 6) is -0.907. The molecule has 6 heteroatoms. The maximum absolute atomic E-state index is 10.9. The largest absolute Gasteiger partial charge is 0.508 e. The summed E-state index contributed by atoms with van der Waals surface area (Å²) < 4.78 is 0. The second-order valence-electron chi connectivity index (χ2n) is 3.54. The minimum Gasteiger partial charge on any atom is -0.508 e. The topological polar surface area (TPSA) is 82.2 Å².